The summed E-state index contributed by atoms with van der Waals surface area (Å²) in [5.74, 6) is -0.129. The summed E-state index contributed by atoms with van der Waals surface area (Å²) in [6.07, 6.45) is 0.789. The van der Waals surface area contributed by atoms with Crippen molar-refractivity contribution in [1.82, 2.24) is 10.2 Å². The van der Waals surface area contributed by atoms with Gasteiger partial charge in [0.1, 0.15) is 6.04 Å². The van der Waals surface area contributed by atoms with E-state index in [9.17, 15) is 9.59 Å². The molecule has 1 fully saturated rings. The van der Waals surface area contributed by atoms with Gasteiger partial charge in [-0.1, -0.05) is 6.92 Å². The van der Waals surface area contributed by atoms with E-state index >= 15 is 0 Å². The van der Waals surface area contributed by atoms with Gasteiger partial charge in [0.05, 0.1) is 19.2 Å². The molecular formula is C10H18N2O3. The number of nitrogens with zero attached hydrogens (tertiary/aromatic N) is 1. The van der Waals surface area contributed by atoms with Gasteiger partial charge in [-0.25, -0.2) is 0 Å². The second kappa shape index (κ2) is 5.11. The number of ether oxygens (including phenoxy) is 1. The van der Waals surface area contributed by atoms with Crippen LogP contribution in [0.3, 0.4) is 0 Å². The minimum atomic E-state index is -0.397. The summed E-state index contributed by atoms with van der Waals surface area (Å²) in [7, 11) is 1.60. The summed E-state index contributed by atoms with van der Waals surface area (Å²) in [6.45, 7) is 4.30. The molecule has 1 heterocycles. The van der Waals surface area contributed by atoms with Crippen molar-refractivity contribution < 1.29 is 14.3 Å². The zero-order valence-corrected chi connectivity index (χ0v) is 9.45. The lowest BCUT2D eigenvalue weighted by molar-refractivity contribution is -0.148. The summed E-state index contributed by atoms with van der Waals surface area (Å²) in [5, 5.41) is 2.56. The molecule has 0 aromatic carbocycles. The molecule has 1 aliphatic heterocycles. The van der Waals surface area contributed by atoms with Crippen LogP contribution in [0.25, 0.3) is 0 Å². The Bertz CT molecular complexity index is 255. The largest absolute Gasteiger partial charge is 0.383 e. The smallest absolute Gasteiger partial charge is 0.242 e. The van der Waals surface area contributed by atoms with Gasteiger partial charge in [0.15, 0.2) is 0 Å². The van der Waals surface area contributed by atoms with Gasteiger partial charge in [0, 0.05) is 7.11 Å². The predicted octanol–water partition coefficient (Wildman–Crippen LogP) is -0.242. The molecule has 15 heavy (non-hydrogen) atoms. The Morgan fingerprint density at radius 2 is 2.27 bits per heavy atom. The van der Waals surface area contributed by atoms with Crippen molar-refractivity contribution in [2.24, 2.45) is 0 Å². The standard InChI is InChI=1S/C10H18N2O3/c1-4-8(6-15-3)12-7(2)10(14)11-5-9(12)13/h7-8H,4-6H2,1-3H3,(H,11,14). The van der Waals surface area contributed by atoms with Crippen molar-refractivity contribution >= 4 is 11.8 Å². The third kappa shape index (κ3) is 2.47. The van der Waals surface area contributed by atoms with Crippen molar-refractivity contribution in [3.8, 4) is 0 Å². The van der Waals surface area contributed by atoms with Gasteiger partial charge in [-0.15, -0.1) is 0 Å². The van der Waals surface area contributed by atoms with E-state index in [1.165, 1.54) is 0 Å². The van der Waals surface area contributed by atoms with Crippen LogP contribution in [0.4, 0.5) is 0 Å². The summed E-state index contributed by atoms with van der Waals surface area (Å²) in [6, 6.07) is -0.408. The first-order valence-electron chi connectivity index (χ1n) is 5.19. The molecule has 2 unspecified atom stereocenters. The normalized spacial score (nSPS) is 23.9. The number of amides is 2. The van der Waals surface area contributed by atoms with Crippen molar-refractivity contribution in [3.63, 3.8) is 0 Å². The molecular weight excluding hydrogens is 196 g/mol. The van der Waals surface area contributed by atoms with Gasteiger partial charge in [-0.3, -0.25) is 9.59 Å². The fourth-order valence-electron chi connectivity index (χ4n) is 1.85. The van der Waals surface area contributed by atoms with E-state index in [2.05, 4.69) is 5.32 Å². The minimum absolute atomic E-state index is 0.0106. The lowest BCUT2D eigenvalue weighted by atomic mass is 10.1. The van der Waals surface area contributed by atoms with Crippen LogP contribution in [-0.4, -0.2) is 49.1 Å². The van der Waals surface area contributed by atoms with Crippen LogP contribution in [0, 0.1) is 0 Å². The highest BCUT2D eigenvalue weighted by Crippen LogP contribution is 2.13. The van der Waals surface area contributed by atoms with Gasteiger partial charge in [0.2, 0.25) is 11.8 Å². The van der Waals surface area contributed by atoms with Gasteiger partial charge in [-0.2, -0.15) is 0 Å². The number of carbonyl (C=O) groups is 2. The van der Waals surface area contributed by atoms with Gasteiger partial charge in [-0.05, 0) is 13.3 Å². The van der Waals surface area contributed by atoms with E-state index in [0.29, 0.717) is 6.61 Å². The fourth-order valence-corrected chi connectivity index (χ4v) is 1.85. The van der Waals surface area contributed by atoms with E-state index < -0.39 is 6.04 Å². The molecule has 5 nitrogen and oxygen atoms in total. The quantitative estimate of drug-likeness (QED) is 0.702. The Morgan fingerprint density at radius 1 is 1.60 bits per heavy atom. The van der Waals surface area contributed by atoms with Crippen molar-refractivity contribution in [3.05, 3.63) is 0 Å². The third-order valence-corrected chi connectivity index (χ3v) is 2.72. The second-order valence-electron chi connectivity index (χ2n) is 3.71. The zero-order valence-electron chi connectivity index (χ0n) is 9.45. The Hall–Kier alpha value is -1.10. The number of hydrogen-bond acceptors (Lipinski definition) is 3. The van der Waals surface area contributed by atoms with Gasteiger partial charge < -0.3 is 15.0 Å². The second-order valence-corrected chi connectivity index (χ2v) is 3.71. The summed E-state index contributed by atoms with van der Waals surface area (Å²) >= 11 is 0. The molecule has 2 atom stereocenters. The molecule has 1 aliphatic rings. The fraction of sp³-hybridized carbons (Fsp3) is 0.800. The first-order chi connectivity index (χ1) is 7.11. The van der Waals surface area contributed by atoms with E-state index in [0.717, 1.165) is 6.42 Å². The number of nitrogens with one attached hydrogen (secondary N) is 1. The predicted molar refractivity (Wildman–Crippen MR) is 55.3 cm³/mol. The van der Waals surface area contributed by atoms with Gasteiger partial charge >= 0.3 is 0 Å². The minimum Gasteiger partial charge on any atom is -0.383 e. The molecule has 0 aromatic rings. The van der Waals surface area contributed by atoms with E-state index in [1.807, 2.05) is 6.92 Å². The zero-order chi connectivity index (χ0) is 11.4. The van der Waals surface area contributed by atoms with E-state index in [4.69, 9.17) is 4.74 Å². The average Bonchev–Trinajstić information content (AvgIpc) is 2.22. The number of hydrogen-bond donors (Lipinski definition) is 1. The van der Waals surface area contributed by atoms with Crippen LogP contribution < -0.4 is 5.32 Å². The molecule has 0 aliphatic carbocycles. The molecule has 5 heteroatoms. The molecule has 0 saturated carbocycles. The maximum absolute atomic E-state index is 11.7. The summed E-state index contributed by atoms with van der Waals surface area (Å²) in [5.41, 5.74) is 0. The van der Waals surface area contributed by atoms with Crippen LogP contribution in [-0.2, 0) is 14.3 Å². The van der Waals surface area contributed by atoms with Crippen LogP contribution >= 0.6 is 0 Å². The van der Waals surface area contributed by atoms with E-state index in [1.54, 1.807) is 18.9 Å². The molecule has 0 bridgehead atoms. The highest BCUT2D eigenvalue weighted by atomic mass is 16.5. The van der Waals surface area contributed by atoms with E-state index in [-0.39, 0.29) is 24.4 Å². The molecule has 86 valence electrons. The monoisotopic (exact) mass is 214 g/mol. The van der Waals surface area contributed by atoms with Gasteiger partial charge in [0.25, 0.3) is 0 Å². The number of piperazine rings is 1. The Balaban J connectivity index is 2.77. The maximum Gasteiger partial charge on any atom is 0.242 e. The maximum atomic E-state index is 11.7. The number of carbonyl (C=O) groups excluding carboxylic acids is 2. The Labute approximate surface area is 89.8 Å². The SMILES string of the molecule is CCC(COC)N1C(=O)CNC(=O)C1C. The van der Waals surface area contributed by atoms with Crippen LogP contribution in [0.15, 0.2) is 0 Å². The van der Waals surface area contributed by atoms with Crippen molar-refractivity contribution in [2.75, 3.05) is 20.3 Å². The summed E-state index contributed by atoms with van der Waals surface area (Å²) < 4.78 is 5.05. The Kier molecular flexibility index (Phi) is 4.08. The highest BCUT2D eigenvalue weighted by Gasteiger charge is 2.35. The number of methoxy groups -OCH3 is 1. The molecule has 2 amide bonds. The third-order valence-electron chi connectivity index (χ3n) is 2.72. The number of rotatable bonds is 4. The van der Waals surface area contributed by atoms with Crippen LogP contribution in [0.1, 0.15) is 20.3 Å². The first-order valence-corrected chi connectivity index (χ1v) is 5.19. The van der Waals surface area contributed by atoms with Crippen LogP contribution in [0.5, 0.6) is 0 Å². The lowest BCUT2D eigenvalue weighted by Gasteiger charge is -2.38. The topological polar surface area (TPSA) is 58.6 Å². The molecule has 1 rings (SSSR count). The molecule has 0 aromatic heterocycles. The van der Waals surface area contributed by atoms with Crippen molar-refractivity contribution in [1.29, 1.82) is 0 Å². The van der Waals surface area contributed by atoms with Crippen LogP contribution in [0.2, 0.25) is 0 Å². The molecule has 0 spiro atoms. The molecule has 1 saturated heterocycles. The lowest BCUT2D eigenvalue weighted by Crippen LogP contribution is -2.61. The highest BCUT2D eigenvalue weighted by molar-refractivity contribution is 5.94. The Morgan fingerprint density at radius 3 is 2.80 bits per heavy atom. The van der Waals surface area contributed by atoms with Crippen molar-refractivity contribution in [2.45, 2.75) is 32.4 Å². The average molecular weight is 214 g/mol. The first kappa shape index (κ1) is 12.0. The molecule has 0 radical (unpaired) electrons. The summed E-state index contributed by atoms with van der Waals surface area (Å²) in [4.78, 5) is 24.7. The molecule has 1 N–H and O–H groups in total.